The van der Waals surface area contributed by atoms with Gasteiger partial charge >= 0.3 is 5.97 Å². The van der Waals surface area contributed by atoms with Crippen molar-refractivity contribution in [3.63, 3.8) is 0 Å². The molecule has 0 aliphatic carbocycles. The Bertz CT molecular complexity index is 385. The van der Waals surface area contributed by atoms with Gasteiger partial charge in [0.2, 0.25) is 11.8 Å². The molecule has 23 heavy (non-hydrogen) atoms. The fourth-order valence-electron chi connectivity index (χ4n) is 2.26. The summed E-state index contributed by atoms with van der Waals surface area (Å²) in [4.78, 5) is 33.3. The summed E-state index contributed by atoms with van der Waals surface area (Å²) in [6.07, 6.45) is 4.37. The highest BCUT2D eigenvalue weighted by molar-refractivity contribution is 5.88. The summed E-state index contributed by atoms with van der Waals surface area (Å²) in [5, 5.41) is 20.9. The van der Waals surface area contributed by atoms with Crippen molar-refractivity contribution in [1.82, 2.24) is 5.32 Å². The molecule has 2 atom stereocenters. The van der Waals surface area contributed by atoms with Gasteiger partial charge in [0.25, 0.3) is 0 Å². The lowest BCUT2D eigenvalue weighted by Crippen LogP contribution is -2.44. The molecule has 0 saturated heterocycles. The second kappa shape index (κ2) is 11.9. The van der Waals surface area contributed by atoms with Crippen LogP contribution < -0.4 is 11.1 Å². The minimum Gasteiger partial charge on any atom is -0.480 e. The van der Waals surface area contributed by atoms with Crippen LogP contribution in [0.15, 0.2) is 0 Å². The molecule has 0 aliphatic rings. The first-order valence-electron chi connectivity index (χ1n) is 8.21. The molecule has 7 heteroatoms. The second-order valence-corrected chi connectivity index (χ2v) is 6.37. The Kier molecular flexibility index (Phi) is 11.0. The van der Waals surface area contributed by atoms with Crippen molar-refractivity contribution < 1.29 is 24.6 Å². The quantitative estimate of drug-likeness (QED) is 0.377. The zero-order valence-electron chi connectivity index (χ0n) is 14.1. The monoisotopic (exact) mass is 330 g/mol. The molecule has 0 bridgehead atoms. The normalized spacial score (nSPS) is 13.6. The van der Waals surface area contributed by atoms with Gasteiger partial charge in [-0.15, -0.1) is 0 Å². The lowest BCUT2D eigenvalue weighted by atomic mass is 10.0. The number of amides is 2. The number of hydrogen-bond acceptors (Lipinski definition) is 4. The van der Waals surface area contributed by atoms with Gasteiger partial charge in [0.05, 0.1) is 18.9 Å². The number of hydrogen-bond donors (Lipinski definition) is 4. The Morgan fingerprint density at radius 2 is 1.57 bits per heavy atom. The van der Waals surface area contributed by atoms with Gasteiger partial charge in [0.1, 0.15) is 6.04 Å². The minimum atomic E-state index is -1.34. The third-order valence-electron chi connectivity index (χ3n) is 3.53. The number of aliphatic hydroxyl groups excluding tert-OH is 1. The van der Waals surface area contributed by atoms with Crippen molar-refractivity contribution in [2.75, 3.05) is 0 Å². The Labute approximate surface area is 137 Å². The van der Waals surface area contributed by atoms with E-state index in [0.29, 0.717) is 12.3 Å². The molecule has 0 aromatic rings. The first kappa shape index (κ1) is 21.4. The Hall–Kier alpha value is -1.63. The topological polar surface area (TPSA) is 130 Å². The highest BCUT2D eigenvalue weighted by Crippen LogP contribution is 2.12. The smallest absolute Gasteiger partial charge is 0.326 e. The molecule has 0 aromatic carbocycles. The number of carbonyl (C=O) groups is 3. The van der Waals surface area contributed by atoms with Crippen LogP contribution in [-0.2, 0) is 14.4 Å². The average molecular weight is 330 g/mol. The van der Waals surface area contributed by atoms with Crippen molar-refractivity contribution in [2.45, 2.75) is 77.4 Å². The number of nitrogens with two attached hydrogens (primary N) is 1. The number of carboxylic acid groups (broad SMARTS) is 1. The number of aliphatic hydroxyl groups is 1. The van der Waals surface area contributed by atoms with Crippen LogP contribution in [0.5, 0.6) is 0 Å². The van der Waals surface area contributed by atoms with Crippen LogP contribution in [0.25, 0.3) is 0 Å². The van der Waals surface area contributed by atoms with Crippen LogP contribution in [0.1, 0.15) is 65.2 Å². The predicted molar refractivity (Wildman–Crippen MR) is 86.5 cm³/mol. The number of unbranched alkanes of at least 4 members (excludes halogenated alkanes) is 3. The van der Waals surface area contributed by atoms with Crippen LogP contribution in [0.4, 0.5) is 0 Å². The SMILES string of the molecule is CC(C)CCCCCCC(O)CC(=O)NC(CC(N)=O)C(=O)O. The molecule has 0 aliphatic heterocycles. The second-order valence-electron chi connectivity index (χ2n) is 6.37. The highest BCUT2D eigenvalue weighted by atomic mass is 16.4. The highest BCUT2D eigenvalue weighted by Gasteiger charge is 2.23. The maximum atomic E-state index is 11.7. The molecule has 134 valence electrons. The molecule has 0 radical (unpaired) electrons. The molecule has 0 fully saturated rings. The molecule has 2 amide bonds. The molecule has 5 N–H and O–H groups in total. The van der Waals surface area contributed by atoms with Crippen molar-refractivity contribution >= 4 is 17.8 Å². The van der Waals surface area contributed by atoms with Gasteiger partial charge in [-0.2, -0.15) is 0 Å². The van der Waals surface area contributed by atoms with Gasteiger partial charge in [-0.1, -0.05) is 46.0 Å². The summed E-state index contributed by atoms with van der Waals surface area (Å²) >= 11 is 0. The van der Waals surface area contributed by atoms with Crippen LogP contribution in [0.3, 0.4) is 0 Å². The molecule has 0 rings (SSSR count). The largest absolute Gasteiger partial charge is 0.480 e. The van der Waals surface area contributed by atoms with Crippen molar-refractivity contribution in [1.29, 1.82) is 0 Å². The van der Waals surface area contributed by atoms with E-state index in [4.69, 9.17) is 10.8 Å². The van der Waals surface area contributed by atoms with Crippen LogP contribution in [0, 0.1) is 5.92 Å². The van der Waals surface area contributed by atoms with Crippen molar-refractivity contribution in [3.05, 3.63) is 0 Å². The summed E-state index contributed by atoms with van der Waals surface area (Å²) in [6.45, 7) is 4.37. The molecular weight excluding hydrogens is 300 g/mol. The van der Waals surface area contributed by atoms with E-state index in [-0.39, 0.29) is 6.42 Å². The maximum Gasteiger partial charge on any atom is 0.326 e. The van der Waals surface area contributed by atoms with E-state index in [0.717, 1.165) is 19.3 Å². The Morgan fingerprint density at radius 1 is 1.00 bits per heavy atom. The summed E-state index contributed by atoms with van der Waals surface area (Å²) in [5.41, 5.74) is 4.93. The van der Waals surface area contributed by atoms with Gasteiger partial charge in [0.15, 0.2) is 0 Å². The van der Waals surface area contributed by atoms with Crippen molar-refractivity contribution in [3.8, 4) is 0 Å². The van der Waals surface area contributed by atoms with Gasteiger partial charge in [-0.3, -0.25) is 9.59 Å². The fraction of sp³-hybridized carbons (Fsp3) is 0.812. The number of aliphatic carboxylic acids is 1. The number of primary amides is 1. The summed E-state index contributed by atoms with van der Waals surface area (Å²) < 4.78 is 0. The van der Waals surface area contributed by atoms with E-state index in [1.807, 2.05) is 0 Å². The molecule has 0 saturated carbocycles. The van der Waals surface area contributed by atoms with Crippen LogP contribution in [0.2, 0.25) is 0 Å². The van der Waals surface area contributed by atoms with Gasteiger partial charge < -0.3 is 21.3 Å². The zero-order valence-corrected chi connectivity index (χ0v) is 14.1. The number of carboxylic acids is 1. The van der Waals surface area contributed by atoms with E-state index in [2.05, 4.69) is 19.2 Å². The van der Waals surface area contributed by atoms with E-state index >= 15 is 0 Å². The van der Waals surface area contributed by atoms with Crippen LogP contribution >= 0.6 is 0 Å². The van der Waals surface area contributed by atoms with Gasteiger partial charge in [-0.25, -0.2) is 4.79 Å². The van der Waals surface area contributed by atoms with E-state index < -0.39 is 36.4 Å². The molecule has 2 unspecified atom stereocenters. The third kappa shape index (κ3) is 12.6. The lowest BCUT2D eigenvalue weighted by Gasteiger charge is -2.15. The van der Waals surface area contributed by atoms with E-state index in [9.17, 15) is 19.5 Å². The number of rotatable bonds is 13. The molecular formula is C16H30N2O5. The predicted octanol–water partition coefficient (Wildman–Crippen LogP) is 1.18. The fourth-order valence-corrected chi connectivity index (χ4v) is 2.26. The average Bonchev–Trinajstić information content (AvgIpc) is 2.40. The minimum absolute atomic E-state index is 0.172. The summed E-state index contributed by atoms with van der Waals surface area (Å²) in [7, 11) is 0. The summed E-state index contributed by atoms with van der Waals surface area (Å²) in [5.74, 6) is -2.02. The first-order valence-corrected chi connectivity index (χ1v) is 8.21. The number of carbonyl (C=O) groups excluding carboxylic acids is 2. The maximum absolute atomic E-state index is 11.7. The Morgan fingerprint density at radius 3 is 2.04 bits per heavy atom. The molecule has 0 spiro atoms. The van der Waals surface area contributed by atoms with Gasteiger partial charge in [-0.05, 0) is 12.3 Å². The molecule has 0 heterocycles. The van der Waals surface area contributed by atoms with E-state index in [1.165, 1.54) is 12.8 Å². The molecule has 0 aromatic heterocycles. The summed E-state index contributed by atoms with van der Waals surface area (Å²) in [6, 6.07) is -1.34. The third-order valence-corrected chi connectivity index (χ3v) is 3.53. The van der Waals surface area contributed by atoms with E-state index in [1.54, 1.807) is 0 Å². The lowest BCUT2D eigenvalue weighted by molar-refractivity contribution is -0.143. The number of nitrogens with one attached hydrogen (secondary N) is 1. The zero-order chi connectivity index (χ0) is 17.8. The standard InChI is InChI=1S/C16H30N2O5/c1-11(2)7-5-3-4-6-8-12(19)9-15(21)18-13(16(22)23)10-14(17)20/h11-13,19H,3-10H2,1-2H3,(H2,17,20)(H,18,21)(H,22,23). The molecule has 7 nitrogen and oxygen atoms in total. The Balaban J connectivity index is 3.91. The van der Waals surface area contributed by atoms with Gasteiger partial charge in [0, 0.05) is 0 Å². The van der Waals surface area contributed by atoms with Crippen LogP contribution in [-0.4, -0.2) is 40.1 Å². The first-order chi connectivity index (χ1) is 10.7. The van der Waals surface area contributed by atoms with Crippen molar-refractivity contribution in [2.24, 2.45) is 11.7 Å².